The molecule has 1 aliphatic heterocycles. The van der Waals surface area contributed by atoms with E-state index < -0.39 is 11.9 Å². The maximum atomic E-state index is 11.3. The molecule has 1 aliphatic carbocycles. The summed E-state index contributed by atoms with van der Waals surface area (Å²) < 4.78 is 24.2. The number of hydrogen-bond acceptors (Lipinski definition) is 10. The predicted octanol–water partition coefficient (Wildman–Crippen LogP) is 2.18. The van der Waals surface area contributed by atoms with Crippen LogP contribution in [0.1, 0.15) is 51.6 Å². The minimum Gasteiger partial charge on any atom is -0.477 e. The van der Waals surface area contributed by atoms with Crippen molar-refractivity contribution in [2.45, 2.75) is 44.6 Å². The normalized spacial score (nSPS) is 22.8. The molecule has 1 saturated heterocycles. The number of hydrogen-bond donors (Lipinski definition) is 2. The summed E-state index contributed by atoms with van der Waals surface area (Å²) in [6, 6.07) is 10.1. The average Bonchev–Trinajstić information content (AvgIpc) is 3.41. The second kappa shape index (κ2) is 16.4. The van der Waals surface area contributed by atoms with Crippen LogP contribution < -0.4 is 0 Å². The molecule has 224 valence electrons. The molecule has 0 aromatic carbocycles. The van der Waals surface area contributed by atoms with Crippen LogP contribution in [0.15, 0.2) is 36.4 Å². The van der Waals surface area contributed by atoms with Crippen molar-refractivity contribution in [3.63, 3.8) is 0 Å². The van der Waals surface area contributed by atoms with Gasteiger partial charge in [0.1, 0.15) is 11.4 Å². The van der Waals surface area contributed by atoms with Crippen molar-refractivity contribution in [1.29, 1.82) is 0 Å². The van der Waals surface area contributed by atoms with Crippen molar-refractivity contribution in [2.75, 3.05) is 65.8 Å². The third-order valence-corrected chi connectivity index (χ3v) is 7.17. The molecule has 3 heterocycles. The minimum absolute atomic E-state index is 0.0196. The van der Waals surface area contributed by atoms with Gasteiger partial charge in [0.25, 0.3) is 0 Å². The van der Waals surface area contributed by atoms with Crippen LogP contribution in [0.3, 0.4) is 0 Å². The summed E-state index contributed by atoms with van der Waals surface area (Å²) in [5.41, 5.74) is 1.44. The summed E-state index contributed by atoms with van der Waals surface area (Å²) in [4.78, 5) is 35.5. The number of ether oxygens (including phenoxy) is 4. The summed E-state index contributed by atoms with van der Waals surface area (Å²) in [6.45, 7) is 6.50. The second-order valence-corrected chi connectivity index (χ2v) is 10.2. The van der Waals surface area contributed by atoms with Crippen molar-refractivity contribution >= 4 is 11.9 Å². The van der Waals surface area contributed by atoms with Crippen LogP contribution in [-0.4, -0.2) is 120 Å². The van der Waals surface area contributed by atoms with Crippen LogP contribution in [0.4, 0.5) is 0 Å². The standard InChI is InChI=1S/C29H40N4O8/c34-28(35)24-6-1-4-22(30-24)20-32-10-14-38-18-19-39-15-11-33(21-23-5-2-7-25(31-23)29(36)37)13-17-41-27-9-3-8-26(27)40-16-12-32/h1-2,4-7,26-27H,3,8-21H2,(H,34,35)(H,36,37). The number of carboxylic acid groups (broad SMARTS) is 2. The van der Waals surface area contributed by atoms with E-state index in [2.05, 4.69) is 19.8 Å². The lowest BCUT2D eigenvalue weighted by molar-refractivity contribution is -0.0669. The molecule has 0 radical (unpaired) electrons. The van der Waals surface area contributed by atoms with Gasteiger partial charge in [-0.05, 0) is 43.5 Å². The van der Waals surface area contributed by atoms with Crippen molar-refractivity contribution in [3.8, 4) is 0 Å². The molecule has 2 aromatic rings. The Kier molecular flexibility index (Phi) is 12.4. The van der Waals surface area contributed by atoms with E-state index >= 15 is 0 Å². The van der Waals surface area contributed by atoms with Crippen molar-refractivity contribution in [1.82, 2.24) is 19.8 Å². The molecule has 2 aliphatic rings. The Hall–Kier alpha value is -3.00. The Balaban J connectivity index is 1.34. The first kappa shape index (κ1) is 30.9. The molecule has 0 spiro atoms. The van der Waals surface area contributed by atoms with Gasteiger partial charge in [0.15, 0.2) is 0 Å². The maximum absolute atomic E-state index is 11.3. The van der Waals surface area contributed by atoms with Gasteiger partial charge >= 0.3 is 11.9 Å². The molecule has 1 saturated carbocycles. The highest BCUT2D eigenvalue weighted by Crippen LogP contribution is 2.25. The lowest BCUT2D eigenvalue weighted by atomic mass is 10.2. The molecule has 2 atom stereocenters. The van der Waals surface area contributed by atoms with Crippen molar-refractivity contribution in [3.05, 3.63) is 59.2 Å². The number of carbonyl (C=O) groups is 2. The molecule has 0 amide bonds. The third kappa shape index (κ3) is 10.4. The van der Waals surface area contributed by atoms with Crippen LogP contribution in [0.2, 0.25) is 0 Å². The number of aromatic nitrogens is 2. The number of fused-ring (bicyclic) bond motifs is 1. The third-order valence-electron chi connectivity index (χ3n) is 7.17. The summed E-state index contributed by atoms with van der Waals surface area (Å²) in [5, 5.41) is 18.6. The quantitative estimate of drug-likeness (QED) is 0.524. The molecule has 41 heavy (non-hydrogen) atoms. The fourth-order valence-electron chi connectivity index (χ4n) is 5.02. The molecular weight excluding hydrogens is 532 g/mol. The van der Waals surface area contributed by atoms with E-state index in [1.54, 1.807) is 12.1 Å². The second-order valence-electron chi connectivity index (χ2n) is 10.2. The number of carboxylic acids is 2. The van der Waals surface area contributed by atoms with Gasteiger partial charge in [-0.1, -0.05) is 12.1 Å². The van der Waals surface area contributed by atoms with Crippen molar-refractivity contribution < 1.29 is 38.7 Å². The molecule has 2 fully saturated rings. The Morgan fingerprint density at radius 1 is 0.683 bits per heavy atom. The lowest BCUT2D eigenvalue weighted by Gasteiger charge is -2.27. The smallest absolute Gasteiger partial charge is 0.354 e. The number of rotatable bonds is 6. The Labute approximate surface area is 240 Å². The fraction of sp³-hybridized carbons (Fsp3) is 0.586. The molecule has 12 heteroatoms. The highest BCUT2D eigenvalue weighted by Gasteiger charge is 2.29. The summed E-state index contributed by atoms with van der Waals surface area (Å²) in [5.74, 6) is -2.09. The SMILES string of the molecule is O=C(O)c1cccc(CN2CCOCCOCCN(Cc3cccc(C(=O)O)n3)CCOC3CCCC3OCC2)n1. The zero-order valence-corrected chi connectivity index (χ0v) is 23.4. The molecule has 4 rings (SSSR count). The molecule has 2 N–H and O–H groups in total. The van der Waals surface area contributed by atoms with E-state index in [1.807, 2.05) is 12.1 Å². The van der Waals surface area contributed by atoms with Crippen molar-refractivity contribution in [2.24, 2.45) is 0 Å². The van der Waals surface area contributed by atoms with Crippen LogP contribution in [0.5, 0.6) is 0 Å². The minimum atomic E-state index is -1.04. The first-order chi connectivity index (χ1) is 20.0. The zero-order valence-electron chi connectivity index (χ0n) is 23.4. The Morgan fingerprint density at radius 2 is 1.12 bits per heavy atom. The van der Waals surface area contributed by atoms with Gasteiger partial charge in [0, 0.05) is 39.3 Å². The predicted molar refractivity (Wildman–Crippen MR) is 148 cm³/mol. The van der Waals surface area contributed by atoms with E-state index in [-0.39, 0.29) is 23.6 Å². The monoisotopic (exact) mass is 572 g/mol. The first-order valence-corrected chi connectivity index (χ1v) is 14.2. The largest absolute Gasteiger partial charge is 0.477 e. The maximum Gasteiger partial charge on any atom is 0.354 e. The van der Waals surface area contributed by atoms with E-state index in [1.165, 1.54) is 12.1 Å². The Morgan fingerprint density at radius 3 is 1.56 bits per heavy atom. The van der Waals surface area contributed by atoms with Crippen LogP contribution in [-0.2, 0) is 32.0 Å². The van der Waals surface area contributed by atoms with E-state index in [0.29, 0.717) is 90.3 Å². The lowest BCUT2D eigenvalue weighted by Crippen LogP contribution is -2.36. The van der Waals surface area contributed by atoms with Gasteiger partial charge in [0.05, 0.1) is 63.2 Å². The Bertz CT molecular complexity index is 1030. The van der Waals surface area contributed by atoms with Gasteiger partial charge in [0.2, 0.25) is 0 Å². The van der Waals surface area contributed by atoms with E-state index in [4.69, 9.17) is 18.9 Å². The van der Waals surface area contributed by atoms with Gasteiger partial charge in [-0.3, -0.25) is 9.80 Å². The van der Waals surface area contributed by atoms with Crippen LogP contribution in [0, 0.1) is 0 Å². The van der Waals surface area contributed by atoms with Gasteiger partial charge in [-0.15, -0.1) is 0 Å². The topological polar surface area (TPSA) is 144 Å². The summed E-state index contributed by atoms with van der Waals surface area (Å²) in [6.07, 6.45) is 2.97. The molecule has 2 aromatic heterocycles. The average molecular weight is 573 g/mol. The van der Waals surface area contributed by atoms with Gasteiger partial charge in [-0.25, -0.2) is 19.6 Å². The fourth-order valence-corrected chi connectivity index (χ4v) is 5.02. The summed E-state index contributed by atoms with van der Waals surface area (Å²) in [7, 11) is 0. The number of pyridine rings is 2. The highest BCUT2D eigenvalue weighted by atomic mass is 16.5. The number of nitrogens with zero attached hydrogens (tertiary/aromatic N) is 4. The molecule has 12 nitrogen and oxygen atoms in total. The van der Waals surface area contributed by atoms with Crippen LogP contribution in [0.25, 0.3) is 0 Å². The highest BCUT2D eigenvalue weighted by molar-refractivity contribution is 5.85. The molecule has 0 bridgehead atoms. The van der Waals surface area contributed by atoms with Crippen LogP contribution >= 0.6 is 0 Å². The van der Waals surface area contributed by atoms with Gasteiger partial charge in [-0.2, -0.15) is 0 Å². The zero-order chi connectivity index (χ0) is 28.9. The van der Waals surface area contributed by atoms with Gasteiger partial charge < -0.3 is 29.2 Å². The summed E-state index contributed by atoms with van der Waals surface area (Å²) >= 11 is 0. The molecule has 2 unspecified atom stereocenters. The molecular formula is C29H40N4O8. The first-order valence-electron chi connectivity index (χ1n) is 14.2. The van der Waals surface area contributed by atoms with E-state index in [9.17, 15) is 19.8 Å². The van der Waals surface area contributed by atoms with E-state index in [0.717, 1.165) is 19.3 Å². The number of aromatic carboxylic acids is 2.